The lowest BCUT2D eigenvalue weighted by molar-refractivity contribution is -0.123. The van der Waals surface area contributed by atoms with Gasteiger partial charge in [0.05, 0.1) is 6.61 Å². The number of nitrogens with zero attached hydrogens (tertiary/aromatic N) is 3. The van der Waals surface area contributed by atoms with Crippen molar-refractivity contribution < 1.29 is 34.4 Å². The highest BCUT2D eigenvalue weighted by Crippen LogP contribution is 2.24. The Kier molecular flexibility index (Phi) is 3.60. The minimum absolute atomic E-state index is 0.336. The third-order valence-corrected chi connectivity index (χ3v) is 3.01. The number of aliphatic hydroxyl groups is 3. The maximum atomic E-state index is 11.6. The number of hydrogen-bond acceptors (Lipinski definition) is 6. The van der Waals surface area contributed by atoms with Gasteiger partial charge in [-0.15, -0.1) is 0 Å². The third kappa shape index (κ3) is 2.23. The van der Waals surface area contributed by atoms with Gasteiger partial charge < -0.3 is 25.6 Å². The van der Waals surface area contributed by atoms with Gasteiger partial charge in [-0.1, -0.05) is 0 Å². The van der Waals surface area contributed by atoms with E-state index in [0.717, 1.165) is 4.90 Å². The number of aliphatic hydroxyl groups excluding tert-OH is 3. The van der Waals surface area contributed by atoms with Crippen LogP contribution < -0.4 is 5.32 Å². The summed E-state index contributed by atoms with van der Waals surface area (Å²) in [7, 11) is 0. The molecule has 2 rings (SSSR count). The predicted molar refractivity (Wildman–Crippen MR) is 56.6 cm³/mol. The summed E-state index contributed by atoms with van der Waals surface area (Å²) in [4.78, 5) is 26.5. The summed E-state index contributed by atoms with van der Waals surface area (Å²) in [6.45, 7) is -0.919. The van der Waals surface area contributed by atoms with Crippen molar-refractivity contribution in [3.63, 3.8) is 0 Å². The molecule has 2 saturated heterocycles. The molecule has 2 fully saturated rings. The molecular weight excluding hydrogens is 260 g/mol. The standard InChI is InChI=1S/C9H12N4O6/c10-12-3-1-13(9(18)11-7(3)17)8-6(16)5(15)4(2-14)19-8/h4-6,8,14-16H,1-2H2,(H,11,17,18)/t4-,5?,6?,8-/m0/s1. The molecule has 0 bridgehead atoms. The van der Waals surface area contributed by atoms with Crippen molar-refractivity contribution >= 4 is 17.6 Å². The van der Waals surface area contributed by atoms with Crippen LogP contribution in [0.4, 0.5) is 4.79 Å². The SMILES string of the molecule is [N-]=[N+]=C1CN([C@H]2O[C@@H](CO)C(O)C2O)C(=O)NC1=O. The molecule has 0 spiro atoms. The molecule has 104 valence electrons. The molecule has 4 N–H and O–H groups in total. The molecule has 0 aromatic carbocycles. The van der Waals surface area contributed by atoms with E-state index in [1.807, 2.05) is 5.32 Å². The molecule has 0 aromatic rings. The van der Waals surface area contributed by atoms with E-state index in [-0.39, 0.29) is 12.3 Å². The van der Waals surface area contributed by atoms with E-state index in [9.17, 15) is 19.8 Å². The van der Waals surface area contributed by atoms with Crippen LogP contribution in [0.1, 0.15) is 0 Å². The number of carbonyl (C=O) groups excluding carboxylic acids is 2. The van der Waals surface area contributed by atoms with Crippen LogP contribution in [-0.4, -0.2) is 80.4 Å². The van der Waals surface area contributed by atoms with E-state index < -0.39 is 43.1 Å². The maximum Gasteiger partial charge on any atom is 0.375 e. The van der Waals surface area contributed by atoms with Crippen molar-refractivity contribution in [3.8, 4) is 0 Å². The molecule has 10 heteroatoms. The lowest BCUT2D eigenvalue weighted by atomic mass is 10.1. The van der Waals surface area contributed by atoms with E-state index in [4.69, 9.17) is 15.4 Å². The van der Waals surface area contributed by atoms with Gasteiger partial charge in [0.2, 0.25) is 0 Å². The zero-order chi connectivity index (χ0) is 14.2. The molecule has 3 amide bonds. The molecule has 0 aromatic heterocycles. The smallest absolute Gasteiger partial charge is 0.375 e. The summed E-state index contributed by atoms with van der Waals surface area (Å²) in [6, 6.07) is -0.854. The lowest BCUT2D eigenvalue weighted by Gasteiger charge is -2.30. The minimum atomic E-state index is -1.45. The second-order valence-corrected chi connectivity index (χ2v) is 4.16. The Morgan fingerprint density at radius 3 is 2.63 bits per heavy atom. The largest absolute Gasteiger partial charge is 0.394 e. The normalized spacial score (nSPS) is 35.3. The van der Waals surface area contributed by atoms with Crippen LogP contribution in [0.15, 0.2) is 0 Å². The van der Waals surface area contributed by atoms with Crippen molar-refractivity contribution in [2.45, 2.75) is 24.5 Å². The van der Waals surface area contributed by atoms with Crippen LogP contribution in [0.5, 0.6) is 0 Å². The Balaban J connectivity index is 2.20. The first kappa shape index (κ1) is 13.6. The number of imide groups is 1. The van der Waals surface area contributed by atoms with E-state index in [0.29, 0.717) is 0 Å². The fourth-order valence-electron chi connectivity index (χ4n) is 1.97. The number of rotatable bonds is 2. The molecular formula is C9H12N4O6. The first-order chi connectivity index (χ1) is 8.99. The van der Waals surface area contributed by atoms with Crippen molar-refractivity contribution in [2.75, 3.05) is 13.2 Å². The number of amides is 3. The van der Waals surface area contributed by atoms with Gasteiger partial charge in [0.25, 0.3) is 0 Å². The Morgan fingerprint density at radius 2 is 2.11 bits per heavy atom. The Labute approximate surface area is 106 Å². The third-order valence-electron chi connectivity index (χ3n) is 3.01. The highest BCUT2D eigenvalue weighted by molar-refractivity contribution is 6.41. The highest BCUT2D eigenvalue weighted by Gasteiger charge is 2.49. The summed E-state index contributed by atoms with van der Waals surface area (Å²) in [5.41, 5.74) is 8.29. The van der Waals surface area contributed by atoms with Gasteiger partial charge in [0.1, 0.15) is 24.9 Å². The van der Waals surface area contributed by atoms with Crippen molar-refractivity contribution in [2.24, 2.45) is 0 Å². The topological polar surface area (TPSA) is 156 Å². The average molecular weight is 272 g/mol. The number of ether oxygens (including phenoxy) is 1. The van der Waals surface area contributed by atoms with Gasteiger partial charge in [-0.2, -0.15) is 4.79 Å². The van der Waals surface area contributed by atoms with Crippen LogP contribution in [0.25, 0.3) is 5.53 Å². The van der Waals surface area contributed by atoms with E-state index >= 15 is 0 Å². The fourth-order valence-corrected chi connectivity index (χ4v) is 1.97. The van der Waals surface area contributed by atoms with Crippen LogP contribution >= 0.6 is 0 Å². The molecule has 19 heavy (non-hydrogen) atoms. The molecule has 2 aliphatic heterocycles. The fraction of sp³-hybridized carbons (Fsp3) is 0.667. The van der Waals surface area contributed by atoms with Gasteiger partial charge >= 0.3 is 17.6 Å². The molecule has 0 aliphatic carbocycles. The van der Waals surface area contributed by atoms with Crippen molar-refractivity contribution in [1.82, 2.24) is 10.2 Å². The van der Waals surface area contributed by atoms with E-state index in [2.05, 4.69) is 4.79 Å². The van der Waals surface area contributed by atoms with Crippen LogP contribution in [0, 0.1) is 0 Å². The lowest BCUT2D eigenvalue weighted by Crippen LogP contribution is -2.60. The average Bonchev–Trinajstić information content (AvgIpc) is 2.67. The van der Waals surface area contributed by atoms with Crippen LogP contribution in [0.2, 0.25) is 0 Å². The molecule has 0 saturated carbocycles. The van der Waals surface area contributed by atoms with E-state index in [1.165, 1.54) is 0 Å². The molecule has 2 aliphatic rings. The maximum absolute atomic E-state index is 11.6. The Bertz CT molecular complexity index is 462. The molecule has 2 unspecified atom stereocenters. The number of nitrogens with one attached hydrogen (secondary N) is 1. The van der Waals surface area contributed by atoms with E-state index in [1.54, 1.807) is 0 Å². The Hall–Kier alpha value is -1.84. The summed E-state index contributed by atoms with van der Waals surface area (Å²) < 4.78 is 5.14. The number of hydrogen-bond donors (Lipinski definition) is 4. The van der Waals surface area contributed by atoms with Gasteiger partial charge in [-0.25, -0.2) is 4.79 Å². The van der Waals surface area contributed by atoms with Crippen LogP contribution in [0.3, 0.4) is 0 Å². The van der Waals surface area contributed by atoms with Crippen LogP contribution in [-0.2, 0) is 9.53 Å². The summed E-state index contributed by atoms with van der Waals surface area (Å²) in [5.74, 6) is -0.851. The molecule has 0 radical (unpaired) electrons. The van der Waals surface area contributed by atoms with Gasteiger partial charge in [0.15, 0.2) is 6.23 Å². The summed E-state index contributed by atoms with van der Waals surface area (Å²) in [5, 5.41) is 30.2. The molecule has 2 heterocycles. The second kappa shape index (κ2) is 5.03. The van der Waals surface area contributed by atoms with Crippen molar-refractivity contribution in [3.05, 3.63) is 5.53 Å². The zero-order valence-electron chi connectivity index (χ0n) is 9.63. The number of urea groups is 1. The van der Waals surface area contributed by atoms with Gasteiger partial charge in [-0.3, -0.25) is 15.0 Å². The van der Waals surface area contributed by atoms with Crippen molar-refractivity contribution in [1.29, 1.82) is 0 Å². The van der Waals surface area contributed by atoms with Gasteiger partial charge in [-0.05, 0) is 0 Å². The number of carbonyl (C=O) groups is 2. The Morgan fingerprint density at radius 1 is 1.42 bits per heavy atom. The molecule has 4 atom stereocenters. The quantitative estimate of drug-likeness (QED) is 0.304. The predicted octanol–water partition coefficient (Wildman–Crippen LogP) is -3.35. The summed E-state index contributed by atoms with van der Waals surface area (Å²) in [6.07, 6.45) is -5.11. The second-order valence-electron chi connectivity index (χ2n) is 4.16. The summed E-state index contributed by atoms with van der Waals surface area (Å²) >= 11 is 0. The first-order valence-electron chi connectivity index (χ1n) is 5.45. The van der Waals surface area contributed by atoms with Gasteiger partial charge in [0, 0.05) is 0 Å². The highest BCUT2D eigenvalue weighted by atomic mass is 16.6. The zero-order valence-corrected chi connectivity index (χ0v) is 9.63. The molecule has 10 nitrogen and oxygen atoms in total. The monoisotopic (exact) mass is 272 g/mol. The minimum Gasteiger partial charge on any atom is -0.394 e. The first-order valence-corrected chi connectivity index (χ1v) is 5.45.